The molecule has 0 aliphatic heterocycles. The van der Waals surface area contributed by atoms with E-state index in [-0.39, 0.29) is 5.92 Å². The number of para-hydroxylation sites is 1. The summed E-state index contributed by atoms with van der Waals surface area (Å²) in [4.78, 5) is 0. The topological polar surface area (TPSA) is 26.3 Å². The molecule has 0 spiro atoms. The predicted molar refractivity (Wildman–Crippen MR) is 244 cm³/mol. The maximum Gasteiger partial charge on any atom is 0.144 e. The Morgan fingerprint density at radius 3 is 1.88 bits per heavy atom. The van der Waals surface area contributed by atoms with Crippen LogP contribution in [0.5, 0.6) is 0 Å². The Bertz CT molecular complexity index is 3500. The predicted octanol–water partition coefficient (Wildman–Crippen LogP) is 16.0. The molecule has 3 heteroatoms. The quantitative estimate of drug-likeness (QED) is 0.158. The van der Waals surface area contributed by atoms with Crippen molar-refractivity contribution in [3.63, 3.8) is 0 Å². The molecule has 58 heavy (non-hydrogen) atoms. The van der Waals surface area contributed by atoms with Crippen LogP contribution in [0.15, 0.2) is 209 Å². The van der Waals surface area contributed by atoms with E-state index in [0.29, 0.717) is 0 Å². The molecule has 3 aromatic heterocycles. The minimum atomic E-state index is -0.0502. The highest BCUT2D eigenvalue weighted by atomic mass is 32.1. The summed E-state index contributed by atoms with van der Waals surface area (Å²) in [5.74, 6) is -0.0502. The standard InChI is InChI=1S/C55H34O2S/c1-3-14-34(15-4-1)35-26-28-37(29-27-35)51(42-20-8-7-18-39(42)36-16-5-2-6-17-36)38-30-31-40-46-33-49-52(44-21-9-11-24-47(44)56-49)53(54(46)57-48(40)32-38)45-23-13-22-43-41-19-10-12-25-50(41)58-55(43)45/h1-33,51H. The van der Waals surface area contributed by atoms with Gasteiger partial charge in [0.1, 0.15) is 22.3 Å². The normalized spacial score (nSPS) is 12.4. The smallest absolute Gasteiger partial charge is 0.144 e. The van der Waals surface area contributed by atoms with E-state index >= 15 is 0 Å². The number of thiophene rings is 1. The molecule has 0 aliphatic rings. The third-order valence-electron chi connectivity index (χ3n) is 11.8. The van der Waals surface area contributed by atoms with Gasteiger partial charge in [-0.2, -0.15) is 0 Å². The van der Waals surface area contributed by atoms with E-state index in [0.717, 1.165) is 55.0 Å². The lowest BCUT2D eigenvalue weighted by molar-refractivity contribution is 0.664. The summed E-state index contributed by atoms with van der Waals surface area (Å²) in [5.41, 5.74) is 14.2. The van der Waals surface area contributed by atoms with Crippen molar-refractivity contribution < 1.29 is 8.83 Å². The lowest BCUT2D eigenvalue weighted by atomic mass is 9.81. The Morgan fingerprint density at radius 2 is 1.03 bits per heavy atom. The van der Waals surface area contributed by atoms with E-state index in [2.05, 4.69) is 194 Å². The Morgan fingerprint density at radius 1 is 0.379 bits per heavy atom. The third-order valence-corrected chi connectivity index (χ3v) is 13.1. The van der Waals surface area contributed by atoms with Crippen LogP contribution >= 0.6 is 11.3 Å². The van der Waals surface area contributed by atoms with E-state index in [1.165, 1.54) is 59.1 Å². The zero-order valence-corrected chi connectivity index (χ0v) is 32.2. The van der Waals surface area contributed by atoms with Gasteiger partial charge in [-0.3, -0.25) is 0 Å². The number of hydrogen-bond acceptors (Lipinski definition) is 3. The number of rotatable bonds is 6. The second-order valence-electron chi connectivity index (χ2n) is 15.1. The van der Waals surface area contributed by atoms with Crippen LogP contribution in [0.3, 0.4) is 0 Å². The van der Waals surface area contributed by atoms with Gasteiger partial charge in [-0.05, 0) is 63.2 Å². The molecule has 9 aromatic carbocycles. The van der Waals surface area contributed by atoms with Gasteiger partial charge in [-0.1, -0.05) is 176 Å². The number of benzene rings is 9. The second kappa shape index (κ2) is 13.2. The van der Waals surface area contributed by atoms with Crippen LogP contribution in [-0.2, 0) is 0 Å². The van der Waals surface area contributed by atoms with Crippen molar-refractivity contribution in [3.05, 3.63) is 217 Å². The number of hydrogen-bond donors (Lipinski definition) is 0. The van der Waals surface area contributed by atoms with Crippen LogP contribution in [0.25, 0.3) is 97.4 Å². The lowest BCUT2D eigenvalue weighted by Crippen LogP contribution is -2.05. The summed E-state index contributed by atoms with van der Waals surface area (Å²) in [5, 5.41) is 6.83. The minimum Gasteiger partial charge on any atom is -0.456 e. The summed E-state index contributed by atoms with van der Waals surface area (Å²) in [6.45, 7) is 0. The van der Waals surface area contributed by atoms with Crippen LogP contribution in [0.1, 0.15) is 22.6 Å². The number of fused-ring (bicyclic) bond motifs is 9. The summed E-state index contributed by atoms with van der Waals surface area (Å²) in [7, 11) is 0. The molecule has 2 nitrogen and oxygen atoms in total. The van der Waals surface area contributed by atoms with Gasteiger partial charge in [0.05, 0.1) is 0 Å². The maximum atomic E-state index is 7.20. The van der Waals surface area contributed by atoms with Crippen molar-refractivity contribution in [2.24, 2.45) is 0 Å². The molecule has 12 rings (SSSR count). The fourth-order valence-corrected chi connectivity index (χ4v) is 10.4. The molecule has 0 N–H and O–H groups in total. The molecule has 272 valence electrons. The summed E-state index contributed by atoms with van der Waals surface area (Å²) in [6, 6.07) is 72.0. The summed E-state index contributed by atoms with van der Waals surface area (Å²) < 4.78 is 16.4. The maximum absolute atomic E-state index is 7.20. The van der Waals surface area contributed by atoms with Gasteiger partial charge in [0.25, 0.3) is 0 Å². The highest BCUT2D eigenvalue weighted by Crippen LogP contribution is 2.49. The van der Waals surface area contributed by atoms with Crippen molar-refractivity contribution in [1.29, 1.82) is 0 Å². The third kappa shape index (κ3) is 5.17. The van der Waals surface area contributed by atoms with Crippen molar-refractivity contribution in [1.82, 2.24) is 0 Å². The summed E-state index contributed by atoms with van der Waals surface area (Å²) in [6.07, 6.45) is 0. The van der Waals surface area contributed by atoms with Crippen LogP contribution in [0.2, 0.25) is 0 Å². The first-order valence-corrected chi connectivity index (χ1v) is 20.6. The number of furan rings is 2. The van der Waals surface area contributed by atoms with E-state index < -0.39 is 0 Å². The Labute approximate surface area is 338 Å². The SMILES string of the molecule is c1ccc(-c2ccc(C(c3ccc4c(c3)oc3c(-c5cccc6c5sc5ccccc56)c5c(cc34)oc3ccccc35)c3ccccc3-c3ccccc3)cc2)cc1. The van der Waals surface area contributed by atoms with Gasteiger partial charge in [0.15, 0.2) is 0 Å². The average molecular weight is 759 g/mol. The molecule has 0 bridgehead atoms. The molecule has 0 aliphatic carbocycles. The Balaban J connectivity index is 1.11. The molecule has 0 saturated carbocycles. The molecule has 1 atom stereocenters. The largest absolute Gasteiger partial charge is 0.456 e. The molecule has 12 aromatic rings. The fraction of sp³-hybridized carbons (Fsp3) is 0.0182. The summed E-state index contributed by atoms with van der Waals surface area (Å²) >= 11 is 1.84. The molecule has 0 amide bonds. The van der Waals surface area contributed by atoms with Crippen molar-refractivity contribution in [3.8, 4) is 33.4 Å². The Kier molecular flexibility index (Phi) is 7.51. The van der Waals surface area contributed by atoms with E-state index in [9.17, 15) is 0 Å². The van der Waals surface area contributed by atoms with Gasteiger partial charge in [-0.25, -0.2) is 0 Å². The molecule has 0 radical (unpaired) electrons. The van der Waals surface area contributed by atoms with Gasteiger partial charge in [0.2, 0.25) is 0 Å². The zero-order valence-electron chi connectivity index (χ0n) is 31.4. The molecular formula is C55H34O2S. The Hall–Kier alpha value is -7.20. The van der Waals surface area contributed by atoms with Crippen molar-refractivity contribution in [2.45, 2.75) is 5.92 Å². The van der Waals surface area contributed by atoms with Gasteiger partial charge < -0.3 is 8.83 Å². The highest BCUT2D eigenvalue weighted by molar-refractivity contribution is 7.26. The van der Waals surface area contributed by atoms with Crippen LogP contribution in [0.4, 0.5) is 0 Å². The fourth-order valence-electron chi connectivity index (χ4n) is 9.19. The second-order valence-corrected chi connectivity index (χ2v) is 16.2. The zero-order chi connectivity index (χ0) is 38.2. The lowest BCUT2D eigenvalue weighted by Gasteiger charge is -2.22. The highest BCUT2D eigenvalue weighted by Gasteiger charge is 2.26. The molecular weight excluding hydrogens is 725 g/mol. The average Bonchev–Trinajstić information content (AvgIpc) is 3.98. The van der Waals surface area contributed by atoms with Crippen molar-refractivity contribution in [2.75, 3.05) is 0 Å². The van der Waals surface area contributed by atoms with E-state index in [1.54, 1.807) is 0 Å². The molecule has 0 fully saturated rings. The van der Waals surface area contributed by atoms with Gasteiger partial charge >= 0.3 is 0 Å². The van der Waals surface area contributed by atoms with Crippen LogP contribution in [0, 0.1) is 0 Å². The van der Waals surface area contributed by atoms with Crippen LogP contribution < -0.4 is 0 Å². The molecule has 1 unspecified atom stereocenters. The molecule has 3 heterocycles. The van der Waals surface area contributed by atoms with Gasteiger partial charge in [-0.15, -0.1) is 11.3 Å². The first kappa shape index (κ1) is 33.0. The van der Waals surface area contributed by atoms with E-state index in [1.807, 2.05) is 17.4 Å². The molecule has 0 saturated heterocycles. The first-order chi connectivity index (χ1) is 28.8. The minimum absolute atomic E-state index is 0.0502. The monoisotopic (exact) mass is 758 g/mol. The van der Waals surface area contributed by atoms with Crippen LogP contribution in [-0.4, -0.2) is 0 Å². The first-order valence-electron chi connectivity index (χ1n) is 19.8. The van der Waals surface area contributed by atoms with E-state index in [4.69, 9.17) is 8.83 Å². The van der Waals surface area contributed by atoms with Gasteiger partial charge in [0, 0.05) is 58.8 Å². The van der Waals surface area contributed by atoms with Crippen molar-refractivity contribution >= 4 is 75.4 Å².